The maximum atomic E-state index is 12.9. The van der Waals surface area contributed by atoms with Gasteiger partial charge in [-0.3, -0.25) is 4.79 Å². The molecule has 0 aliphatic carbocycles. The van der Waals surface area contributed by atoms with Gasteiger partial charge in [-0.2, -0.15) is 4.31 Å². The Labute approximate surface area is 129 Å². The molecule has 2 aromatic carbocycles. The van der Waals surface area contributed by atoms with E-state index in [-0.39, 0.29) is 11.4 Å². The van der Waals surface area contributed by atoms with E-state index >= 15 is 0 Å². The average molecular weight is 319 g/mol. The predicted molar refractivity (Wildman–Crippen MR) is 83.1 cm³/mol. The average Bonchev–Trinajstić information content (AvgIpc) is 2.54. The molecule has 6 heteroatoms. The number of rotatable bonds is 3. The van der Waals surface area contributed by atoms with Crippen LogP contribution in [0.5, 0.6) is 0 Å². The summed E-state index contributed by atoms with van der Waals surface area (Å²) in [4.78, 5) is 11.4. The second kappa shape index (κ2) is 5.70. The molecule has 1 heterocycles. The lowest BCUT2D eigenvalue weighted by molar-refractivity contribution is -0.142. The van der Waals surface area contributed by atoms with E-state index in [1.165, 1.54) is 4.31 Å². The number of benzene rings is 2. The number of nitrogens with zero attached hydrogens (tertiary/aromatic N) is 1. The minimum atomic E-state index is -3.69. The number of piperidine rings is 1. The third-order valence-electron chi connectivity index (χ3n) is 4.10. The van der Waals surface area contributed by atoms with Crippen molar-refractivity contribution in [2.75, 3.05) is 13.1 Å². The maximum absolute atomic E-state index is 12.9. The third kappa shape index (κ3) is 2.60. The molecule has 1 fully saturated rings. The van der Waals surface area contributed by atoms with Crippen LogP contribution in [0.3, 0.4) is 0 Å². The van der Waals surface area contributed by atoms with Crippen LogP contribution in [0.25, 0.3) is 10.8 Å². The van der Waals surface area contributed by atoms with Crippen molar-refractivity contribution in [3.63, 3.8) is 0 Å². The van der Waals surface area contributed by atoms with Crippen molar-refractivity contribution >= 4 is 26.8 Å². The molecule has 22 heavy (non-hydrogen) atoms. The second-order valence-electron chi connectivity index (χ2n) is 5.52. The van der Waals surface area contributed by atoms with E-state index in [0.717, 1.165) is 5.39 Å². The molecule has 1 atom stereocenters. The van der Waals surface area contributed by atoms with E-state index in [4.69, 9.17) is 5.11 Å². The fourth-order valence-electron chi connectivity index (χ4n) is 2.92. The molecule has 1 N–H and O–H groups in total. The first kappa shape index (κ1) is 15.0. The molecule has 1 aliphatic heterocycles. The molecular formula is C16H17NO4S. The van der Waals surface area contributed by atoms with Crippen molar-refractivity contribution in [2.45, 2.75) is 17.7 Å². The number of carboxylic acids is 1. The quantitative estimate of drug-likeness (QED) is 0.942. The van der Waals surface area contributed by atoms with Crippen molar-refractivity contribution in [3.05, 3.63) is 42.5 Å². The van der Waals surface area contributed by atoms with E-state index < -0.39 is 21.9 Å². The number of sulfonamides is 1. The van der Waals surface area contributed by atoms with Gasteiger partial charge in [0.25, 0.3) is 0 Å². The normalized spacial score (nSPS) is 20.1. The number of hydrogen-bond acceptors (Lipinski definition) is 3. The number of carboxylic acid groups (broad SMARTS) is 1. The Bertz CT molecular complexity index is 811. The monoisotopic (exact) mass is 319 g/mol. The summed E-state index contributed by atoms with van der Waals surface area (Å²) in [7, 11) is -3.69. The number of carbonyl (C=O) groups is 1. The van der Waals surface area contributed by atoms with Crippen molar-refractivity contribution in [2.24, 2.45) is 5.92 Å². The summed E-state index contributed by atoms with van der Waals surface area (Å²) in [6.07, 6.45) is 1.10. The highest BCUT2D eigenvalue weighted by atomic mass is 32.2. The van der Waals surface area contributed by atoms with Crippen LogP contribution in [0.2, 0.25) is 0 Å². The molecule has 2 aromatic rings. The number of fused-ring (bicyclic) bond motifs is 1. The Balaban J connectivity index is 2.03. The van der Waals surface area contributed by atoms with Crippen LogP contribution in [0.15, 0.2) is 47.4 Å². The summed E-state index contributed by atoms with van der Waals surface area (Å²) < 4.78 is 27.1. The molecule has 5 nitrogen and oxygen atoms in total. The van der Waals surface area contributed by atoms with E-state index in [1.54, 1.807) is 24.3 Å². The molecule has 0 saturated carbocycles. The van der Waals surface area contributed by atoms with Crippen LogP contribution in [0.1, 0.15) is 12.8 Å². The van der Waals surface area contributed by atoms with Gasteiger partial charge in [0.2, 0.25) is 10.0 Å². The fourth-order valence-corrected chi connectivity index (χ4v) is 4.66. The van der Waals surface area contributed by atoms with Gasteiger partial charge in [0.05, 0.1) is 10.8 Å². The Hall–Kier alpha value is -1.92. The van der Waals surface area contributed by atoms with E-state index in [1.807, 2.05) is 18.2 Å². The van der Waals surface area contributed by atoms with Crippen molar-refractivity contribution < 1.29 is 18.3 Å². The SMILES string of the molecule is O=C(O)[C@@H]1CCCN(S(=O)(=O)c2cccc3ccccc23)C1. The highest BCUT2D eigenvalue weighted by Gasteiger charge is 2.33. The molecule has 0 radical (unpaired) electrons. The van der Waals surface area contributed by atoms with Gasteiger partial charge < -0.3 is 5.11 Å². The summed E-state index contributed by atoms with van der Waals surface area (Å²) >= 11 is 0. The zero-order chi connectivity index (χ0) is 15.7. The summed E-state index contributed by atoms with van der Waals surface area (Å²) in [5.41, 5.74) is 0. The van der Waals surface area contributed by atoms with Crippen LogP contribution in [-0.2, 0) is 14.8 Å². The molecule has 0 bridgehead atoms. The largest absolute Gasteiger partial charge is 0.481 e. The van der Waals surface area contributed by atoms with E-state index in [2.05, 4.69) is 0 Å². The van der Waals surface area contributed by atoms with Crippen LogP contribution in [0, 0.1) is 5.92 Å². The van der Waals surface area contributed by atoms with Gasteiger partial charge >= 0.3 is 5.97 Å². The highest BCUT2D eigenvalue weighted by Crippen LogP contribution is 2.28. The zero-order valence-corrected chi connectivity index (χ0v) is 12.8. The molecule has 116 valence electrons. The maximum Gasteiger partial charge on any atom is 0.307 e. The standard InChI is InChI=1S/C16H17NO4S/c18-16(19)13-7-4-10-17(11-13)22(20,21)15-9-3-6-12-5-1-2-8-14(12)15/h1-3,5-6,8-9,13H,4,7,10-11H2,(H,18,19)/t13-/m1/s1. The van der Waals surface area contributed by atoms with Crippen LogP contribution >= 0.6 is 0 Å². The molecule has 3 rings (SSSR count). The number of aliphatic carboxylic acids is 1. The minimum absolute atomic E-state index is 0.0425. The Morgan fingerprint density at radius 1 is 1.14 bits per heavy atom. The van der Waals surface area contributed by atoms with Gasteiger partial charge in [0.15, 0.2) is 0 Å². The van der Waals surface area contributed by atoms with E-state index in [9.17, 15) is 13.2 Å². The molecule has 0 aromatic heterocycles. The first-order chi connectivity index (χ1) is 10.5. The van der Waals surface area contributed by atoms with Gasteiger partial charge in [-0.15, -0.1) is 0 Å². The van der Waals surface area contributed by atoms with Crippen molar-refractivity contribution in [3.8, 4) is 0 Å². The molecular weight excluding hydrogens is 302 g/mol. The van der Waals surface area contributed by atoms with Gasteiger partial charge in [0.1, 0.15) is 0 Å². The fraction of sp³-hybridized carbons (Fsp3) is 0.312. The lowest BCUT2D eigenvalue weighted by Crippen LogP contribution is -2.42. The first-order valence-corrected chi connectivity index (χ1v) is 8.65. The lowest BCUT2D eigenvalue weighted by Gasteiger charge is -2.30. The molecule has 1 aliphatic rings. The summed E-state index contributed by atoms with van der Waals surface area (Å²) in [6.45, 7) is 0.413. The summed E-state index contributed by atoms with van der Waals surface area (Å²) in [6, 6.07) is 12.5. The van der Waals surface area contributed by atoms with Crippen molar-refractivity contribution in [1.29, 1.82) is 0 Å². The number of hydrogen-bond donors (Lipinski definition) is 1. The van der Waals surface area contributed by atoms with Crippen LogP contribution < -0.4 is 0 Å². The Morgan fingerprint density at radius 2 is 1.86 bits per heavy atom. The Morgan fingerprint density at radius 3 is 2.64 bits per heavy atom. The molecule has 1 saturated heterocycles. The Kier molecular flexibility index (Phi) is 3.88. The smallest absolute Gasteiger partial charge is 0.307 e. The van der Waals surface area contributed by atoms with Crippen molar-refractivity contribution in [1.82, 2.24) is 4.31 Å². The lowest BCUT2D eigenvalue weighted by atomic mass is 10.0. The van der Waals surface area contributed by atoms with Gasteiger partial charge in [-0.05, 0) is 24.3 Å². The first-order valence-electron chi connectivity index (χ1n) is 7.21. The predicted octanol–water partition coefficient (Wildman–Crippen LogP) is 2.33. The third-order valence-corrected chi connectivity index (χ3v) is 6.02. The van der Waals surface area contributed by atoms with Gasteiger partial charge in [-0.25, -0.2) is 8.42 Å². The molecule has 0 spiro atoms. The molecule has 0 unspecified atom stereocenters. The molecule has 0 amide bonds. The van der Waals surface area contributed by atoms with Gasteiger partial charge in [0, 0.05) is 18.5 Å². The van der Waals surface area contributed by atoms with Crippen LogP contribution in [-0.4, -0.2) is 36.9 Å². The van der Waals surface area contributed by atoms with Crippen LogP contribution in [0.4, 0.5) is 0 Å². The summed E-state index contributed by atoms with van der Waals surface area (Å²) in [5, 5.41) is 10.7. The highest BCUT2D eigenvalue weighted by molar-refractivity contribution is 7.89. The second-order valence-corrected chi connectivity index (χ2v) is 7.42. The topological polar surface area (TPSA) is 74.7 Å². The minimum Gasteiger partial charge on any atom is -0.481 e. The van der Waals surface area contributed by atoms with Gasteiger partial charge in [-0.1, -0.05) is 36.4 Å². The zero-order valence-electron chi connectivity index (χ0n) is 12.0. The van der Waals surface area contributed by atoms with E-state index in [0.29, 0.717) is 24.8 Å². The summed E-state index contributed by atoms with van der Waals surface area (Å²) in [5.74, 6) is -1.56.